The van der Waals surface area contributed by atoms with Crippen LogP contribution in [0.2, 0.25) is 0 Å². The van der Waals surface area contributed by atoms with Crippen molar-refractivity contribution in [3.05, 3.63) is 47.7 Å². The van der Waals surface area contributed by atoms with Crippen molar-refractivity contribution in [2.45, 2.75) is 24.5 Å². The average Bonchev–Trinajstić information content (AvgIpc) is 3.25. The van der Waals surface area contributed by atoms with Crippen molar-refractivity contribution in [1.82, 2.24) is 19.3 Å². The number of ether oxygens (including phenoxy) is 1. The van der Waals surface area contributed by atoms with Gasteiger partial charge in [0.25, 0.3) is 10.2 Å². The van der Waals surface area contributed by atoms with Crippen LogP contribution in [0.25, 0.3) is 11.0 Å². The molecule has 1 aliphatic rings. The lowest BCUT2D eigenvalue weighted by Gasteiger charge is -2.17. The monoisotopic (exact) mass is 477 g/mol. The minimum atomic E-state index is -4.04. The van der Waals surface area contributed by atoms with E-state index in [-0.39, 0.29) is 23.6 Å². The van der Waals surface area contributed by atoms with E-state index in [9.17, 15) is 23.0 Å². The number of aromatic nitrogens is 3. The average molecular weight is 477 g/mol. The van der Waals surface area contributed by atoms with E-state index in [1.165, 1.54) is 35.3 Å². The van der Waals surface area contributed by atoms with E-state index < -0.39 is 40.6 Å². The van der Waals surface area contributed by atoms with Gasteiger partial charge in [-0.25, -0.2) is 19.5 Å². The zero-order valence-electron chi connectivity index (χ0n) is 16.9. The van der Waals surface area contributed by atoms with Crippen LogP contribution in [0.3, 0.4) is 0 Å². The number of hydrogen-bond acceptors (Lipinski definition) is 9. The highest BCUT2D eigenvalue weighted by Crippen LogP contribution is 2.34. The maximum atomic E-state index is 14.1. The second-order valence-electron chi connectivity index (χ2n) is 7.34. The summed E-state index contributed by atoms with van der Waals surface area (Å²) in [5.74, 6) is 5.01. The van der Waals surface area contributed by atoms with Gasteiger partial charge in [-0.15, -0.1) is 0 Å². The molecule has 0 aliphatic carbocycles. The smallest absolute Gasteiger partial charge is 0.274 e. The van der Waals surface area contributed by atoms with Crippen LogP contribution in [0.4, 0.5) is 15.9 Å². The fourth-order valence-electron chi connectivity index (χ4n) is 3.50. The molecule has 3 heterocycles. The van der Waals surface area contributed by atoms with Gasteiger partial charge in [0.2, 0.25) is 0 Å². The molecule has 0 spiro atoms. The Hall–Kier alpha value is -3.32. The van der Waals surface area contributed by atoms with Crippen molar-refractivity contribution < 1.29 is 27.8 Å². The number of fused-ring (bicyclic) bond motifs is 1. The number of anilines is 2. The number of nitrogens with zero attached hydrogens (tertiary/aromatic N) is 3. The van der Waals surface area contributed by atoms with Crippen molar-refractivity contribution >= 4 is 32.7 Å². The molecule has 14 heteroatoms. The molecule has 4 atom stereocenters. The van der Waals surface area contributed by atoms with Gasteiger partial charge in [-0.3, -0.25) is 0 Å². The summed E-state index contributed by atoms with van der Waals surface area (Å²) in [6, 6.07) is 3.98. The molecule has 0 unspecified atom stereocenters. The Morgan fingerprint density at radius 1 is 1.18 bits per heavy atom. The van der Waals surface area contributed by atoms with Crippen LogP contribution in [0.15, 0.2) is 30.7 Å². The zero-order valence-corrected chi connectivity index (χ0v) is 17.7. The minimum Gasteiger partial charge on any atom is -0.399 e. The van der Waals surface area contributed by atoms with E-state index >= 15 is 0 Å². The summed E-state index contributed by atoms with van der Waals surface area (Å²) in [4.78, 5) is 8.12. The first-order valence-electron chi connectivity index (χ1n) is 9.52. The van der Waals surface area contributed by atoms with E-state index in [4.69, 9.17) is 21.3 Å². The summed E-state index contributed by atoms with van der Waals surface area (Å²) in [7, 11) is -4.04. The molecule has 174 valence electrons. The standard InChI is InChI=1S/C19H20FN7O5S/c20-12-4-3-11(21)5-9(12)1-2-10-7-27(18-14(10)17(22)24-8-25-18)19-16(29)15(28)13(32-19)6-26-33(23,30)31/h3-5,7-8,13,15-16,19,26,28-29H,6,21H2,(H2,22,24,25)(H2,23,30,31)/t13-,15-,16-,19-/m1/s1. The Kier molecular flexibility index (Phi) is 5.93. The Labute approximate surface area is 187 Å². The molecule has 33 heavy (non-hydrogen) atoms. The van der Waals surface area contributed by atoms with Crippen molar-refractivity contribution in [1.29, 1.82) is 0 Å². The van der Waals surface area contributed by atoms with Gasteiger partial charge in [-0.2, -0.15) is 13.1 Å². The molecule has 0 radical (unpaired) electrons. The van der Waals surface area contributed by atoms with Crippen LogP contribution >= 0.6 is 0 Å². The number of nitrogens with two attached hydrogens (primary N) is 3. The summed E-state index contributed by atoms with van der Waals surface area (Å²) < 4.78 is 45.5. The molecule has 3 aromatic rings. The molecule has 0 saturated carbocycles. The Bertz CT molecular complexity index is 1380. The van der Waals surface area contributed by atoms with Gasteiger partial charge in [0, 0.05) is 18.4 Å². The predicted molar refractivity (Wildman–Crippen MR) is 116 cm³/mol. The van der Waals surface area contributed by atoms with E-state index in [0.29, 0.717) is 16.6 Å². The van der Waals surface area contributed by atoms with Crippen LogP contribution < -0.4 is 21.3 Å². The number of nitrogens with one attached hydrogen (secondary N) is 1. The molecular weight excluding hydrogens is 457 g/mol. The van der Waals surface area contributed by atoms with Crippen LogP contribution in [-0.4, -0.2) is 58.0 Å². The van der Waals surface area contributed by atoms with Crippen LogP contribution in [0.5, 0.6) is 0 Å². The first kappa shape index (κ1) is 22.9. The number of nitrogen functional groups attached to an aromatic ring is 2. The van der Waals surface area contributed by atoms with Gasteiger partial charge < -0.3 is 31.0 Å². The highest BCUT2D eigenvalue weighted by atomic mass is 32.2. The molecule has 1 aromatic carbocycles. The molecule has 1 aliphatic heterocycles. The fourth-order valence-corrected chi connectivity index (χ4v) is 3.89. The SMILES string of the molecule is Nc1ccc(F)c(C#Cc2cn([C@@H]3O[C@H](CNS(N)(=O)=O)[C@@H](O)[C@H]3O)c3ncnc(N)c23)c1. The molecule has 9 N–H and O–H groups in total. The lowest BCUT2D eigenvalue weighted by atomic mass is 10.1. The summed E-state index contributed by atoms with van der Waals surface area (Å²) in [6.45, 7) is -0.370. The van der Waals surface area contributed by atoms with Crippen LogP contribution in [0.1, 0.15) is 17.4 Å². The largest absolute Gasteiger partial charge is 0.399 e. The number of aliphatic hydroxyl groups excluding tert-OH is 2. The van der Waals surface area contributed by atoms with E-state index in [1.807, 2.05) is 4.72 Å². The van der Waals surface area contributed by atoms with Crippen LogP contribution in [0, 0.1) is 17.7 Å². The van der Waals surface area contributed by atoms with E-state index in [0.717, 1.165) is 0 Å². The van der Waals surface area contributed by atoms with Gasteiger partial charge in [-0.1, -0.05) is 11.8 Å². The molecule has 2 aromatic heterocycles. The second-order valence-corrected chi connectivity index (χ2v) is 8.72. The summed E-state index contributed by atoms with van der Waals surface area (Å²) in [5, 5.41) is 26.1. The quantitative estimate of drug-likeness (QED) is 0.192. The number of aliphatic hydroxyl groups is 2. The van der Waals surface area contributed by atoms with Gasteiger partial charge in [0.15, 0.2) is 6.23 Å². The normalized spacial score (nSPS) is 22.9. The maximum Gasteiger partial charge on any atom is 0.274 e. The molecule has 4 rings (SSSR count). The molecule has 12 nitrogen and oxygen atoms in total. The van der Waals surface area contributed by atoms with Crippen molar-refractivity contribution in [3.63, 3.8) is 0 Å². The number of hydrogen-bond donors (Lipinski definition) is 6. The third-order valence-electron chi connectivity index (χ3n) is 5.06. The lowest BCUT2D eigenvalue weighted by Crippen LogP contribution is -2.42. The lowest BCUT2D eigenvalue weighted by molar-refractivity contribution is -0.0327. The number of rotatable bonds is 4. The molecular formula is C19H20FN7O5S. The predicted octanol–water partition coefficient (Wildman–Crippen LogP) is -1.45. The van der Waals surface area contributed by atoms with Gasteiger partial charge in [0.05, 0.1) is 16.5 Å². The van der Waals surface area contributed by atoms with Crippen molar-refractivity contribution in [2.75, 3.05) is 18.0 Å². The third kappa shape index (κ3) is 4.59. The first-order valence-corrected chi connectivity index (χ1v) is 11.1. The molecule has 0 bridgehead atoms. The Morgan fingerprint density at radius 2 is 1.91 bits per heavy atom. The Balaban J connectivity index is 1.74. The van der Waals surface area contributed by atoms with Crippen molar-refractivity contribution in [3.8, 4) is 11.8 Å². The van der Waals surface area contributed by atoms with Gasteiger partial charge in [-0.05, 0) is 18.2 Å². The van der Waals surface area contributed by atoms with Crippen molar-refractivity contribution in [2.24, 2.45) is 5.14 Å². The molecule has 1 fully saturated rings. The second kappa shape index (κ2) is 8.56. The highest BCUT2D eigenvalue weighted by molar-refractivity contribution is 7.87. The highest BCUT2D eigenvalue weighted by Gasteiger charge is 2.44. The van der Waals surface area contributed by atoms with E-state index in [2.05, 4.69) is 21.8 Å². The fraction of sp³-hybridized carbons (Fsp3) is 0.263. The van der Waals surface area contributed by atoms with Gasteiger partial charge >= 0.3 is 0 Å². The van der Waals surface area contributed by atoms with Crippen LogP contribution in [-0.2, 0) is 14.9 Å². The third-order valence-corrected chi connectivity index (χ3v) is 5.63. The summed E-state index contributed by atoms with van der Waals surface area (Å²) >= 11 is 0. The van der Waals surface area contributed by atoms with Gasteiger partial charge in [0.1, 0.15) is 41.9 Å². The maximum absolute atomic E-state index is 14.1. The van der Waals surface area contributed by atoms with E-state index in [1.54, 1.807) is 0 Å². The number of benzene rings is 1. The Morgan fingerprint density at radius 3 is 2.64 bits per heavy atom. The topological polar surface area (TPSA) is 205 Å². The molecule has 0 amide bonds. The zero-order chi connectivity index (χ0) is 23.9. The molecule has 1 saturated heterocycles. The number of halogens is 1. The summed E-state index contributed by atoms with van der Waals surface area (Å²) in [6.07, 6.45) is -2.49. The first-order chi connectivity index (χ1) is 15.5. The summed E-state index contributed by atoms with van der Waals surface area (Å²) in [5.41, 5.74) is 12.6. The minimum absolute atomic E-state index is 0.0630.